The maximum Gasteiger partial charge on any atom is 0.409 e. The molecule has 2 heterocycles. The molecule has 0 radical (unpaired) electrons. The van der Waals surface area contributed by atoms with Gasteiger partial charge in [-0.05, 0) is 24.5 Å². The second-order valence-electron chi connectivity index (χ2n) is 6.22. The largest absolute Gasteiger partial charge is 0.450 e. The first kappa shape index (κ1) is 17.3. The molecule has 1 aromatic carbocycles. The highest BCUT2D eigenvalue weighted by Crippen LogP contribution is 2.19. The number of fused-ring (bicyclic) bond motifs is 1. The third-order valence-electron chi connectivity index (χ3n) is 4.69. The van der Waals surface area contributed by atoms with Crippen LogP contribution in [0.1, 0.15) is 18.1 Å². The lowest BCUT2D eigenvalue weighted by Crippen LogP contribution is -2.54. The van der Waals surface area contributed by atoms with Gasteiger partial charge in [0.25, 0.3) is 0 Å². The monoisotopic (exact) mass is 345 g/mol. The van der Waals surface area contributed by atoms with E-state index in [0.29, 0.717) is 45.9 Å². The standard InChI is InChI=1S/C18H23N3O4/c1-2-25-18(24)20-11-9-19(10-12-20)16(22)17(23)21-8-7-14-5-3-4-6-15(14)13-21/h3-6H,2,7-13H2,1H3. The summed E-state index contributed by atoms with van der Waals surface area (Å²) in [5, 5.41) is 0. The molecule has 2 aliphatic heterocycles. The molecular weight excluding hydrogens is 322 g/mol. The summed E-state index contributed by atoms with van der Waals surface area (Å²) < 4.78 is 4.96. The van der Waals surface area contributed by atoms with Crippen LogP contribution in [0.2, 0.25) is 0 Å². The number of amides is 3. The second kappa shape index (κ2) is 7.55. The molecule has 1 aromatic rings. The molecule has 3 amide bonds. The van der Waals surface area contributed by atoms with E-state index in [-0.39, 0.29) is 6.09 Å². The van der Waals surface area contributed by atoms with E-state index in [1.54, 1.807) is 16.7 Å². The lowest BCUT2D eigenvalue weighted by Gasteiger charge is -2.35. The van der Waals surface area contributed by atoms with Gasteiger partial charge in [-0.15, -0.1) is 0 Å². The average Bonchev–Trinajstić information content (AvgIpc) is 2.66. The van der Waals surface area contributed by atoms with Crippen LogP contribution in [0.3, 0.4) is 0 Å². The molecule has 0 spiro atoms. The molecule has 2 aliphatic rings. The summed E-state index contributed by atoms with van der Waals surface area (Å²) in [6.45, 7) is 4.61. The van der Waals surface area contributed by atoms with Crippen molar-refractivity contribution in [2.24, 2.45) is 0 Å². The number of piperazine rings is 1. The fourth-order valence-electron chi connectivity index (χ4n) is 3.25. The third kappa shape index (κ3) is 3.75. The van der Waals surface area contributed by atoms with Crippen molar-refractivity contribution in [1.29, 1.82) is 0 Å². The van der Waals surface area contributed by atoms with Gasteiger partial charge in [-0.3, -0.25) is 9.59 Å². The van der Waals surface area contributed by atoms with Crippen molar-refractivity contribution in [3.63, 3.8) is 0 Å². The van der Waals surface area contributed by atoms with Crippen LogP contribution in [0, 0.1) is 0 Å². The zero-order chi connectivity index (χ0) is 17.8. The molecule has 0 aromatic heterocycles. The maximum absolute atomic E-state index is 12.6. The Morgan fingerprint density at radius 3 is 2.16 bits per heavy atom. The fourth-order valence-corrected chi connectivity index (χ4v) is 3.25. The Hall–Kier alpha value is -2.57. The van der Waals surface area contributed by atoms with Crippen LogP contribution in [-0.2, 0) is 27.3 Å². The van der Waals surface area contributed by atoms with Crippen LogP contribution in [-0.4, -0.2) is 71.9 Å². The molecule has 1 saturated heterocycles. The smallest absolute Gasteiger partial charge is 0.409 e. The molecule has 134 valence electrons. The van der Waals surface area contributed by atoms with Gasteiger partial charge in [0.05, 0.1) is 6.61 Å². The first-order valence-corrected chi connectivity index (χ1v) is 8.66. The molecule has 1 fully saturated rings. The minimum Gasteiger partial charge on any atom is -0.450 e. The molecule has 3 rings (SSSR count). The van der Waals surface area contributed by atoms with Gasteiger partial charge in [-0.2, -0.15) is 0 Å². The summed E-state index contributed by atoms with van der Waals surface area (Å²) in [7, 11) is 0. The lowest BCUT2D eigenvalue weighted by molar-refractivity contribution is -0.153. The predicted octanol–water partition coefficient (Wildman–Crippen LogP) is 0.872. The highest BCUT2D eigenvalue weighted by Gasteiger charge is 2.32. The van der Waals surface area contributed by atoms with E-state index in [4.69, 9.17) is 4.74 Å². The first-order valence-electron chi connectivity index (χ1n) is 8.66. The van der Waals surface area contributed by atoms with Crippen molar-refractivity contribution < 1.29 is 19.1 Å². The van der Waals surface area contributed by atoms with Gasteiger partial charge in [0, 0.05) is 39.3 Å². The van der Waals surface area contributed by atoms with Gasteiger partial charge in [0.15, 0.2) is 0 Å². The van der Waals surface area contributed by atoms with E-state index >= 15 is 0 Å². The minimum atomic E-state index is -0.483. The Labute approximate surface area is 147 Å². The van der Waals surface area contributed by atoms with Crippen molar-refractivity contribution in [3.8, 4) is 0 Å². The second-order valence-corrected chi connectivity index (χ2v) is 6.22. The van der Waals surface area contributed by atoms with Gasteiger partial charge in [-0.1, -0.05) is 24.3 Å². The molecule has 25 heavy (non-hydrogen) atoms. The zero-order valence-electron chi connectivity index (χ0n) is 14.4. The molecule has 0 atom stereocenters. The van der Waals surface area contributed by atoms with E-state index in [1.165, 1.54) is 10.5 Å². The average molecular weight is 345 g/mol. The Morgan fingerprint density at radius 1 is 0.880 bits per heavy atom. The highest BCUT2D eigenvalue weighted by molar-refractivity contribution is 6.34. The Balaban J connectivity index is 1.55. The minimum absolute atomic E-state index is 0.326. The number of rotatable bonds is 1. The number of benzene rings is 1. The molecular formula is C18H23N3O4. The van der Waals surface area contributed by atoms with Crippen molar-refractivity contribution in [3.05, 3.63) is 35.4 Å². The summed E-state index contributed by atoms with van der Waals surface area (Å²) in [4.78, 5) is 41.5. The molecule has 0 bridgehead atoms. The summed E-state index contributed by atoms with van der Waals surface area (Å²) in [6.07, 6.45) is 0.403. The molecule has 0 saturated carbocycles. The van der Waals surface area contributed by atoms with E-state index < -0.39 is 11.8 Å². The van der Waals surface area contributed by atoms with Crippen LogP contribution >= 0.6 is 0 Å². The number of hydrogen-bond donors (Lipinski definition) is 0. The maximum atomic E-state index is 12.6. The van der Waals surface area contributed by atoms with Crippen LogP contribution < -0.4 is 0 Å². The molecule has 7 heteroatoms. The van der Waals surface area contributed by atoms with E-state index in [2.05, 4.69) is 6.07 Å². The SMILES string of the molecule is CCOC(=O)N1CCN(C(=O)C(=O)N2CCc3ccccc3C2)CC1. The van der Waals surface area contributed by atoms with E-state index in [1.807, 2.05) is 18.2 Å². The van der Waals surface area contributed by atoms with Crippen molar-refractivity contribution in [2.75, 3.05) is 39.3 Å². The number of nitrogens with zero attached hydrogens (tertiary/aromatic N) is 3. The van der Waals surface area contributed by atoms with Crippen LogP contribution in [0.15, 0.2) is 24.3 Å². The molecule has 7 nitrogen and oxygen atoms in total. The molecule has 0 N–H and O–H groups in total. The lowest BCUT2D eigenvalue weighted by atomic mass is 10.00. The van der Waals surface area contributed by atoms with Crippen molar-refractivity contribution in [2.45, 2.75) is 19.9 Å². The van der Waals surface area contributed by atoms with E-state index in [0.717, 1.165) is 12.0 Å². The molecule has 0 aliphatic carbocycles. The summed E-state index contributed by atoms with van der Waals surface area (Å²) in [6, 6.07) is 8.00. The van der Waals surface area contributed by atoms with Gasteiger partial charge >= 0.3 is 17.9 Å². The van der Waals surface area contributed by atoms with E-state index in [9.17, 15) is 14.4 Å². The summed E-state index contributed by atoms with van der Waals surface area (Å²) in [5.74, 6) is -0.943. The van der Waals surface area contributed by atoms with Gasteiger partial charge in [0.1, 0.15) is 0 Å². The topological polar surface area (TPSA) is 70.2 Å². The first-order chi connectivity index (χ1) is 12.1. The Morgan fingerprint density at radius 2 is 1.48 bits per heavy atom. The summed E-state index contributed by atoms with van der Waals surface area (Å²) >= 11 is 0. The number of carbonyl (C=O) groups excluding carboxylic acids is 3. The van der Waals surface area contributed by atoms with Crippen LogP contribution in [0.4, 0.5) is 4.79 Å². The Kier molecular flexibility index (Phi) is 5.21. The Bertz CT molecular complexity index is 668. The highest BCUT2D eigenvalue weighted by atomic mass is 16.6. The molecule has 0 unspecified atom stereocenters. The van der Waals surface area contributed by atoms with Gasteiger partial charge in [0.2, 0.25) is 0 Å². The third-order valence-corrected chi connectivity index (χ3v) is 4.69. The number of ether oxygens (including phenoxy) is 1. The van der Waals surface area contributed by atoms with Crippen LogP contribution in [0.25, 0.3) is 0 Å². The van der Waals surface area contributed by atoms with Crippen molar-refractivity contribution in [1.82, 2.24) is 14.7 Å². The van der Waals surface area contributed by atoms with Gasteiger partial charge in [-0.25, -0.2) is 4.79 Å². The fraction of sp³-hybridized carbons (Fsp3) is 0.500. The number of hydrogen-bond acceptors (Lipinski definition) is 4. The number of carbonyl (C=O) groups is 3. The predicted molar refractivity (Wildman–Crippen MR) is 90.7 cm³/mol. The van der Waals surface area contributed by atoms with Gasteiger partial charge < -0.3 is 19.4 Å². The zero-order valence-corrected chi connectivity index (χ0v) is 14.4. The quantitative estimate of drug-likeness (QED) is 0.708. The normalized spacial score (nSPS) is 17.1. The van der Waals surface area contributed by atoms with Crippen LogP contribution in [0.5, 0.6) is 0 Å². The van der Waals surface area contributed by atoms with Crippen molar-refractivity contribution >= 4 is 17.9 Å². The summed E-state index contributed by atoms with van der Waals surface area (Å²) in [5.41, 5.74) is 2.34.